The van der Waals surface area contributed by atoms with E-state index in [1.165, 1.54) is 25.5 Å². The molecule has 0 bridgehead atoms. The lowest BCUT2D eigenvalue weighted by atomic mass is 9.95. The van der Waals surface area contributed by atoms with E-state index in [0.29, 0.717) is 37.4 Å². The average molecular weight is 346 g/mol. The molecule has 0 unspecified atom stereocenters. The number of anilines is 1. The van der Waals surface area contributed by atoms with Gasteiger partial charge in [0.2, 0.25) is 5.91 Å². The first-order valence-corrected chi connectivity index (χ1v) is 8.05. The number of halogens is 1. The molecule has 0 radical (unpaired) electrons. The fourth-order valence-electron chi connectivity index (χ4n) is 2.89. The lowest BCUT2D eigenvalue weighted by molar-refractivity contribution is -0.121. The van der Waals surface area contributed by atoms with Crippen LogP contribution in [-0.2, 0) is 4.79 Å². The molecule has 2 aromatic rings. The van der Waals surface area contributed by atoms with Gasteiger partial charge >= 0.3 is 0 Å². The summed E-state index contributed by atoms with van der Waals surface area (Å²) in [6.07, 6.45) is 2.56. The van der Waals surface area contributed by atoms with Crippen molar-refractivity contribution in [3.05, 3.63) is 48.2 Å². The normalized spacial score (nSPS) is 15.0. The van der Waals surface area contributed by atoms with E-state index in [1.807, 2.05) is 0 Å². The molecule has 1 N–H and O–H groups in total. The quantitative estimate of drug-likeness (QED) is 0.924. The van der Waals surface area contributed by atoms with Crippen LogP contribution >= 0.6 is 0 Å². The molecule has 0 aliphatic carbocycles. The molecule has 0 atom stereocenters. The van der Waals surface area contributed by atoms with Gasteiger partial charge in [0.1, 0.15) is 0 Å². The van der Waals surface area contributed by atoms with Crippen LogP contribution in [0.2, 0.25) is 0 Å². The summed E-state index contributed by atoms with van der Waals surface area (Å²) in [4.78, 5) is 26.2. The third kappa shape index (κ3) is 3.81. The van der Waals surface area contributed by atoms with E-state index in [4.69, 9.17) is 9.15 Å². The van der Waals surface area contributed by atoms with Crippen LogP contribution in [0.4, 0.5) is 10.1 Å². The number of nitrogens with zero attached hydrogens (tertiary/aromatic N) is 1. The molecule has 0 saturated carbocycles. The zero-order valence-corrected chi connectivity index (χ0v) is 13.8. The predicted molar refractivity (Wildman–Crippen MR) is 88.9 cm³/mol. The molecule has 2 amide bonds. The standard InChI is InChI=1S/C18H19FN2O4/c1-24-15-5-4-13(11-14(15)19)20-17(22)12-6-8-21(9-7-12)18(23)16-3-2-10-25-16/h2-5,10-12H,6-9H2,1H3,(H,20,22). The largest absolute Gasteiger partial charge is 0.494 e. The van der Waals surface area contributed by atoms with E-state index in [1.54, 1.807) is 23.1 Å². The lowest BCUT2D eigenvalue weighted by Crippen LogP contribution is -2.41. The van der Waals surface area contributed by atoms with Gasteiger partial charge in [0, 0.05) is 30.8 Å². The Labute approximate surface area is 144 Å². The number of hydrogen-bond acceptors (Lipinski definition) is 4. The van der Waals surface area contributed by atoms with E-state index in [-0.39, 0.29) is 23.5 Å². The molecule has 0 spiro atoms. The van der Waals surface area contributed by atoms with Crippen molar-refractivity contribution in [3.8, 4) is 5.75 Å². The van der Waals surface area contributed by atoms with Gasteiger partial charge in [0.15, 0.2) is 17.3 Å². The van der Waals surface area contributed by atoms with Crippen LogP contribution in [0, 0.1) is 11.7 Å². The summed E-state index contributed by atoms with van der Waals surface area (Å²) in [5.74, 6) is -0.653. The van der Waals surface area contributed by atoms with Crippen LogP contribution < -0.4 is 10.1 Å². The van der Waals surface area contributed by atoms with Crippen molar-refractivity contribution < 1.29 is 23.1 Å². The molecule has 1 fully saturated rings. The molecule has 3 rings (SSSR count). The number of furan rings is 1. The third-order valence-corrected chi connectivity index (χ3v) is 4.30. The van der Waals surface area contributed by atoms with Crippen LogP contribution in [0.1, 0.15) is 23.4 Å². The van der Waals surface area contributed by atoms with Gasteiger partial charge < -0.3 is 19.4 Å². The first-order chi connectivity index (χ1) is 12.1. The van der Waals surface area contributed by atoms with E-state index < -0.39 is 5.82 Å². The summed E-state index contributed by atoms with van der Waals surface area (Å²) in [6, 6.07) is 7.58. The lowest BCUT2D eigenvalue weighted by Gasteiger charge is -2.30. The molecule has 1 aliphatic heterocycles. The Hall–Kier alpha value is -2.83. The van der Waals surface area contributed by atoms with E-state index in [9.17, 15) is 14.0 Å². The van der Waals surface area contributed by atoms with Gasteiger partial charge in [0.25, 0.3) is 5.91 Å². The highest BCUT2D eigenvalue weighted by molar-refractivity contribution is 5.94. The molecule has 1 saturated heterocycles. The topological polar surface area (TPSA) is 71.8 Å². The molecule has 1 aromatic heterocycles. The molecule has 1 aromatic carbocycles. The molecule has 2 heterocycles. The molecule has 132 valence electrons. The van der Waals surface area contributed by atoms with Crippen molar-refractivity contribution in [2.24, 2.45) is 5.92 Å². The van der Waals surface area contributed by atoms with Crippen LogP contribution in [0.5, 0.6) is 5.75 Å². The zero-order valence-electron chi connectivity index (χ0n) is 13.8. The number of ether oxygens (including phenoxy) is 1. The summed E-state index contributed by atoms with van der Waals surface area (Å²) in [7, 11) is 1.38. The number of carbonyl (C=O) groups excluding carboxylic acids is 2. The van der Waals surface area contributed by atoms with Gasteiger partial charge in [-0.2, -0.15) is 0 Å². The summed E-state index contributed by atoms with van der Waals surface area (Å²) in [5, 5.41) is 2.72. The molecule has 25 heavy (non-hydrogen) atoms. The number of hydrogen-bond donors (Lipinski definition) is 1. The first-order valence-electron chi connectivity index (χ1n) is 8.05. The SMILES string of the molecule is COc1ccc(NC(=O)C2CCN(C(=O)c3ccco3)CC2)cc1F. The number of benzene rings is 1. The molecular weight excluding hydrogens is 327 g/mol. The van der Waals surface area contributed by atoms with Crippen molar-refractivity contribution >= 4 is 17.5 Å². The molecular formula is C18H19FN2O4. The van der Waals surface area contributed by atoms with Gasteiger partial charge in [-0.05, 0) is 37.1 Å². The first kappa shape index (κ1) is 17.0. The van der Waals surface area contributed by atoms with Gasteiger partial charge in [-0.1, -0.05) is 0 Å². The van der Waals surface area contributed by atoms with Gasteiger partial charge in [-0.25, -0.2) is 4.39 Å². The zero-order chi connectivity index (χ0) is 17.8. The highest BCUT2D eigenvalue weighted by Crippen LogP contribution is 2.24. The number of likely N-dealkylation sites (tertiary alicyclic amines) is 1. The van der Waals surface area contributed by atoms with Gasteiger partial charge in [-0.15, -0.1) is 0 Å². The van der Waals surface area contributed by atoms with Crippen molar-refractivity contribution in [1.29, 1.82) is 0 Å². The fraction of sp³-hybridized carbons (Fsp3) is 0.333. The average Bonchev–Trinajstić information content (AvgIpc) is 3.16. The van der Waals surface area contributed by atoms with Crippen LogP contribution in [-0.4, -0.2) is 36.9 Å². The minimum absolute atomic E-state index is 0.128. The maximum Gasteiger partial charge on any atom is 0.289 e. The van der Waals surface area contributed by atoms with Gasteiger partial charge in [0.05, 0.1) is 13.4 Å². The number of nitrogens with one attached hydrogen (secondary N) is 1. The third-order valence-electron chi connectivity index (χ3n) is 4.30. The van der Waals surface area contributed by atoms with Crippen LogP contribution in [0.3, 0.4) is 0 Å². The predicted octanol–water partition coefficient (Wildman–Crippen LogP) is 2.92. The van der Waals surface area contributed by atoms with Crippen molar-refractivity contribution in [3.63, 3.8) is 0 Å². The highest BCUT2D eigenvalue weighted by atomic mass is 19.1. The van der Waals surface area contributed by atoms with Crippen molar-refractivity contribution in [2.75, 3.05) is 25.5 Å². The summed E-state index contributed by atoms with van der Waals surface area (Å²) < 4.78 is 23.7. The number of carbonyl (C=O) groups is 2. The minimum Gasteiger partial charge on any atom is -0.494 e. The van der Waals surface area contributed by atoms with Crippen LogP contribution in [0.25, 0.3) is 0 Å². The second-order valence-corrected chi connectivity index (χ2v) is 5.88. The van der Waals surface area contributed by atoms with E-state index >= 15 is 0 Å². The Morgan fingerprint density at radius 3 is 2.64 bits per heavy atom. The Balaban J connectivity index is 1.55. The Kier molecular flexibility index (Phi) is 5.02. The Morgan fingerprint density at radius 2 is 2.04 bits per heavy atom. The molecule has 1 aliphatic rings. The highest BCUT2D eigenvalue weighted by Gasteiger charge is 2.28. The monoisotopic (exact) mass is 346 g/mol. The summed E-state index contributed by atoms with van der Waals surface area (Å²) in [5.41, 5.74) is 0.386. The maximum absolute atomic E-state index is 13.7. The summed E-state index contributed by atoms with van der Waals surface area (Å²) >= 11 is 0. The Bertz CT molecular complexity index is 752. The van der Waals surface area contributed by atoms with Crippen molar-refractivity contribution in [1.82, 2.24) is 4.90 Å². The smallest absolute Gasteiger partial charge is 0.289 e. The molecule has 6 nitrogen and oxygen atoms in total. The number of methoxy groups -OCH3 is 1. The van der Waals surface area contributed by atoms with E-state index in [0.717, 1.165) is 0 Å². The number of piperidine rings is 1. The molecule has 7 heteroatoms. The number of amides is 2. The second-order valence-electron chi connectivity index (χ2n) is 5.88. The number of rotatable bonds is 4. The van der Waals surface area contributed by atoms with E-state index in [2.05, 4.69) is 5.32 Å². The van der Waals surface area contributed by atoms with Crippen molar-refractivity contribution in [2.45, 2.75) is 12.8 Å². The second kappa shape index (κ2) is 7.38. The Morgan fingerprint density at radius 1 is 1.28 bits per heavy atom. The van der Waals surface area contributed by atoms with Gasteiger partial charge in [-0.3, -0.25) is 9.59 Å². The maximum atomic E-state index is 13.7. The summed E-state index contributed by atoms with van der Waals surface area (Å²) in [6.45, 7) is 0.961. The minimum atomic E-state index is -0.529. The fourth-order valence-corrected chi connectivity index (χ4v) is 2.89. The van der Waals surface area contributed by atoms with Crippen LogP contribution in [0.15, 0.2) is 41.0 Å².